The van der Waals surface area contributed by atoms with Crippen LogP contribution in [0.15, 0.2) is 24.3 Å². The zero-order chi connectivity index (χ0) is 13.2. The number of nitrogens with one attached hydrogen (secondary N) is 1. The Morgan fingerprint density at radius 1 is 1.50 bits per heavy atom. The van der Waals surface area contributed by atoms with Gasteiger partial charge >= 0.3 is 0 Å². The fourth-order valence-electron chi connectivity index (χ4n) is 2.13. The van der Waals surface area contributed by atoms with Gasteiger partial charge in [0.25, 0.3) is 0 Å². The van der Waals surface area contributed by atoms with Gasteiger partial charge in [-0.2, -0.15) is 0 Å². The van der Waals surface area contributed by atoms with Crippen LogP contribution in [0.25, 0.3) is 0 Å². The molecule has 1 unspecified atom stereocenters. The van der Waals surface area contributed by atoms with E-state index >= 15 is 0 Å². The molecule has 98 valence electrons. The van der Waals surface area contributed by atoms with Crippen molar-refractivity contribution in [1.82, 2.24) is 5.32 Å². The van der Waals surface area contributed by atoms with Crippen LogP contribution in [-0.4, -0.2) is 19.6 Å². The van der Waals surface area contributed by atoms with Crippen LogP contribution >= 0.6 is 0 Å². The highest BCUT2D eigenvalue weighted by Crippen LogP contribution is 2.45. The molecular formula is C14H20N2O2. The number of methoxy groups -OCH3 is 1. The van der Waals surface area contributed by atoms with Crippen molar-refractivity contribution in [2.24, 2.45) is 11.1 Å². The van der Waals surface area contributed by atoms with Gasteiger partial charge in [-0.3, -0.25) is 4.79 Å². The van der Waals surface area contributed by atoms with Gasteiger partial charge < -0.3 is 15.8 Å². The number of carbonyl (C=O) groups is 1. The fraction of sp³-hybridized carbons (Fsp3) is 0.500. The first-order valence-corrected chi connectivity index (χ1v) is 6.27. The van der Waals surface area contributed by atoms with Gasteiger partial charge in [0.2, 0.25) is 5.91 Å². The smallest absolute Gasteiger partial charge is 0.227 e. The third-order valence-corrected chi connectivity index (χ3v) is 3.68. The largest absolute Gasteiger partial charge is 0.496 e. The van der Waals surface area contributed by atoms with E-state index < -0.39 is 0 Å². The molecule has 18 heavy (non-hydrogen) atoms. The van der Waals surface area contributed by atoms with E-state index in [4.69, 9.17) is 10.5 Å². The van der Waals surface area contributed by atoms with E-state index in [2.05, 4.69) is 5.32 Å². The molecule has 0 bridgehead atoms. The predicted molar refractivity (Wildman–Crippen MR) is 70.3 cm³/mol. The summed E-state index contributed by atoms with van der Waals surface area (Å²) in [6.07, 6.45) is 1.79. The zero-order valence-corrected chi connectivity index (χ0v) is 10.9. The SMILES string of the molecule is COc1ccccc1C(C)NC(=O)C1(CN)CC1. The Kier molecular flexibility index (Phi) is 3.57. The van der Waals surface area contributed by atoms with Crippen LogP contribution in [0, 0.1) is 5.41 Å². The van der Waals surface area contributed by atoms with Crippen molar-refractivity contribution in [3.63, 3.8) is 0 Å². The quantitative estimate of drug-likeness (QED) is 0.832. The Labute approximate surface area is 108 Å². The summed E-state index contributed by atoms with van der Waals surface area (Å²) in [6.45, 7) is 2.39. The van der Waals surface area contributed by atoms with Gasteiger partial charge in [-0.05, 0) is 25.8 Å². The molecule has 1 fully saturated rings. The van der Waals surface area contributed by atoms with E-state index in [-0.39, 0.29) is 17.4 Å². The summed E-state index contributed by atoms with van der Waals surface area (Å²) in [6, 6.07) is 7.65. The van der Waals surface area contributed by atoms with E-state index in [0.717, 1.165) is 24.2 Å². The lowest BCUT2D eigenvalue weighted by Gasteiger charge is -2.20. The Morgan fingerprint density at radius 2 is 2.17 bits per heavy atom. The van der Waals surface area contributed by atoms with Gasteiger partial charge in [0, 0.05) is 12.1 Å². The van der Waals surface area contributed by atoms with Crippen molar-refractivity contribution >= 4 is 5.91 Å². The van der Waals surface area contributed by atoms with E-state index in [1.807, 2.05) is 31.2 Å². The second-order valence-corrected chi connectivity index (χ2v) is 4.92. The normalized spacial score (nSPS) is 17.9. The number of carbonyl (C=O) groups excluding carboxylic acids is 1. The molecule has 1 atom stereocenters. The highest BCUT2D eigenvalue weighted by atomic mass is 16.5. The Balaban J connectivity index is 2.08. The van der Waals surface area contributed by atoms with Gasteiger partial charge in [-0.1, -0.05) is 18.2 Å². The van der Waals surface area contributed by atoms with Crippen molar-refractivity contribution in [1.29, 1.82) is 0 Å². The summed E-state index contributed by atoms with van der Waals surface area (Å²) in [5, 5.41) is 3.03. The minimum atomic E-state index is -0.309. The third kappa shape index (κ3) is 2.34. The molecule has 0 spiro atoms. The second kappa shape index (κ2) is 4.98. The Bertz CT molecular complexity index is 441. The molecule has 4 nitrogen and oxygen atoms in total. The lowest BCUT2D eigenvalue weighted by molar-refractivity contribution is -0.126. The molecule has 0 heterocycles. The number of rotatable bonds is 5. The second-order valence-electron chi connectivity index (χ2n) is 4.92. The van der Waals surface area contributed by atoms with Crippen LogP contribution in [0.3, 0.4) is 0 Å². The summed E-state index contributed by atoms with van der Waals surface area (Å²) in [5.74, 6) is 0.853. The lowest BCUT2D eigenvalue weighted by Crippen LogP contribution is -2.38. The molecule has 1 aliphatic rings. The van der Waals surface area contributed by atoms with Gasteiger partial charge in [0.15, 0.2) is 0 Å². The first kappa shape index (κ1) is 12.9. The van der Waals surface area contributed by atoms with Crippen LogP contribution in [0.5, 0.6) is 5.75 Å². The number of nitrogens with two attached hydrogens (primary N) is 1. The van der Waals surface area contributed by atoms with Crippen LogP contribution in [-0.2, 0) is 4.79 Å². The maximum atomic E-state index is 12.1. The number of para-hydroxylation sites is 1. The number of ether oxygens (including phenoxy) is 1. The molecule has 0 radical (unpaired) electrons. The monoisotopic (exact) mass is 248 g/mol. The number of hydrogen-bond donors (Lipinski definition) is 2. The van der Waals surface area contributed by atoms with Crippen molar-refractivity contribution in [2.75, 3.05) is 13.7 Å². The Hall–Kier alpha value is -1.55. The molecule has 0 aliphatic heterocycles. The molecule has 0 aromatic heterocycles. The molecular weight excluding hydrogens is 228 g/mol. The molecule has 1 aliphatic carbocycles. The van der Waals surface area contributed by atoms with E-state index in [1.54, 1.807) is 7.11 Å². The summed E-state index contributed by atoms with van der Waals surface area (Å²) >= 11 is 0. The van der Waals surface area contributed by atoms with Crippen molar-refractivity contribution in [3.05, 3.63) is 29.8 Å². The summed E-state index contributed by atoms with van der Waals surface area (Å²) in [4.78, 5) is 12.1. The first-order chi connectivity index (χ1) is 8.63. The van der Waals surface area contributed by atoms with Crippen LogP contribution in [0.2, 0.25) is 0 Å². The minimum Gasteiger partial charge on any atom is -0.496 e. The molecule has 1 saturated carbocycles. The highest BCUT2D eigenvalue weighted by molar-refractivity contribution is 5.85. The average molecular weight is 248 g/mol. The zero-order valence-electron chi connectivity index (χ0n) is 10.9. The molecule has 4 heteroatoms. The maximum Gasteiger partial charge on any atom is 0.227 e. The predicted octanol–water partition coefficient (Wildman–Crippen LogP) is 1.61. The van der Waals surface area contributed by atoms with Crippen LogP contribution in [0.4, 0.5) is 0 Å². The standard InChI is InChI=1S/C14H20N2O2/c1-10(11-5-3-4-6-12(11)18-2)16-13(17)14(9-15)7-8-14/h3-6,10H,7-9,15H2,1-2H3,(H,16,17). The van der Waals surface area contributed by atoms with Crippen molar-refractivity contribution in [3.8, 4) is 5.75 Å². The summed E-state index contributed by atoms with van der Waals surface area (Å²) < 4.78 is 5.30. The third-order valence-electron chi connectivity index (χ3n) is 3.68. The molecule has 1 aromatic rings. The maximum absolute atomic E-state index is 12.1. The number of hydrogen-bond acceptors (Lipinski definition) is 3. The first-order valence-electron chi connectivity index (χ1n) is 6.27. The van der Waals surface area contributed by atoms with Gasteiger partial charge in [-0.25, -0.2) is 0 Å². The fourth-order valence-corrected chi connectivity index (χ4v) is 2.13. The van der Waals surface area contributed by atoms with Crippen molar-refractivity contribution < 1.29 is 9.53 Å². The number of benzene rings is 1. The number of amides is 1. The van der Waals surface area contributed by atoms with E-state index in [9.17, 15) is 4.79 Å². The average Bonchev–Trinajstić information content (AvgIpc) is 3.19. The van der Waals surface area contributed by atoms with Gasteiger partial charge in [0.05, 0.1) is 18.6 Å². The van der Waals surface area contributed by atoms with E-state index in [0.29, 0.717) is 6.54 Å². The molecule has 3 N–H and O–H groups in total. The van der Waals surface area contributed by atoms with Gasteiger partial charge in [0.1, 0.15) is 5.75 Å². The Morgan fingerprint density at radius 3 is 2.72 bits per heavy atom. The topological polar surface area (TPSA) is 64.3 Å². The van der Waals surface area contributed by atoms with Gasteiger partial charge in [-0.15, -0.1) is 0 Å². The summed E-state index contributed by atoms with van der Waals surface area (Å²) in [7, 11) is 1.63. The molecule has 1 aromatic carbocycles. The molecule has 2 rings (SSSR count). The minimum absolute atomic E-state index is 0.0587. The summed E-state index contributed by atoms with van der Waals surface area (Å²) in [5.41, 5.74) is 6.33. The lowest BCUT2D eigenvalue weighted by atomic mass is 10.0. The molecule has 0 saturated heterocycles. The van der Waals surface area contributed by atoms with Crippen molar-refractivity contribution in [2.45, 2.75) is 25.8 Å². The molecule has 1 amide bonds. The van der Waals surface area contributed by atoms with Crippen LogP contribution < -0.4 is 15.8 Å². The van der Waals surface area contributed by atoms with Crippen LogP contribution in [0.1, 0.15) is 31.4 Å². The van der Waals surface area contributed by atoms with E-state index in [1.165, 1.54) is 0 Å². The highest BCUT2D eigenvalue weighted by Gasteiger charge is 2.48.